The van der Waals surface area contributed by atoms with Crippen LogP contribution in [0.1, 0.15) is 6.42 Å². The van der Waals surface area contributed by atoms with Gasteiger partial charge in [-0.2, -0.15) is 5.10 Å². The molecule has 0 bridgehead atoms. The first-order valence-corrected chi connectivity index (χ1v) is 9.42. The molecule has 2 fully saturated rings. The molecule has 8 nitrogen and oxygen atoms in total. The van der Waals surface area contributed by atoms with Crippen molar-refractivity contribution in [2.75, 3.05) is 46.1 Å². The number of ether oxygens (including phenoxy) is 2. The van der Waals surface area contributed by atoms with Crippen LogP contribution in [0.4, 0.5) is 0 Å². The smallest absolute Gasteiger partial charge is 0.243 e. The Balaban J connectivity index is 1.68. The zero-order valence-electron chi connectivity index (χ0n) is 13.3. The SMILES string of the molecule is Cn1cc(S(=O)(=O)NC[C@@H]([C@H]2CCOC2)N2CCOCC2)cn1. The fourth-order valence-electron chi connectivity index (χ4n) is 3.18. The third kappa shape index (κ3) is 4.10. The van der Waals surface area contributed by atoms with Crippen molar-refractivity contribution in [1.82, 2.24) is 19.4 Å². The van der Waals surface area contributed by atoms with E-state index in [9.17, 15) is 8.42 Å². The van der Waals surface area contributed by atoms with Gasteiger partial charge in [-0.3, -0.25) is 9.58 Å². The van der Waals surface area contributed by atoms with Gasteiger partial charge in [0, 0.05) is 51.4 Å². The molecule has 2 aliphatic heterocycles. The number of hydrogen-bond donors (Lipinski definition) is 1. The predicted octanol–water partition coefficient (Wildman–Crippen LogP) is -0.564. The van der Waals surface area contributed by atoms with E-state index in [1.54, 1.807) is 7.05 Å². The highest BCUT2D eigenvalue weighted by atomic mass is 32.2. The molecule has 2 aliphatic rings. The molecule has 0 spiro atoms. The van der Waals surface area contributed by atoms with E-state index in [-0.39, 0.29) is 10.9 Å². The summed E-state index contributed by atoms with van der Waals surface area (Å²) in [6, 6.07) is 0.132. The zero-order chi connectivity index (χ0) is 16.3. The number of nitrogens with one attached hydrogen (secondary N) is 1. The van der Waals surface area contributed by atoms with Gasteiger partial charge in [0.1, 0.15) is 4.90 Å². The first-order valence-electron chi connectivity index (χ1n) is 7.94. The number of aromatic nitrogens is 2. The van der Waals surface area contributed by atoms with Gasteiger partial charge >= 0.3 is 0 Å². The average Bonchev–Trinajstić information content (AvgIpc) is 3.20. The van der Waals surface area contributed by atoms with Crippen LogP contribution in [0.5, 0.6) is 0 Å². The summed E-state index contributed by atoms with van der Waals surface area (Å²) >= 11 is 0. The molecule has 0 saturated carbocycles. The van der Waals surface area contributed by atoms with Crippen molar-refractivity contribution in [3.05, 3.63) is 12.4 Å². The second-order valence-corrected chi connectivity index (χ2v) is 7.81. The maximum absolute atomic E-state index is 12.4. The fourth-order valence-corrected chi connectivity index (χ4v) is 4.21. The Labute approximate surface area is 136 Å². The van der Waals surface area contributed by atoms with Crippen LogP contribution in [0.25, 0.3) is 0 Å². The molecule has 2 atom stereocenters. The van der Waals surface area contributed by atoms with Crippen LogP contribution in [0, 0.1) is 5.92 Å². The minimum absolute atomic E-state index is 0.132. The van der Waals surface area contributed by atoms with Crippen molar-refractivity contribution in [1.29, 1.82) is 0 Å². The van der Waals surface area contributed by atoms with E-state index >= 15 is 0 Å². The van der Waals surface area contributed by atoms with E-state index < -0.39 is 10.0 Å². The first-order chi connectivity index (χ1) is 11.1. The molecule has 0 aliphatic carbocycles. The maximum atomic E-state index is 12.4. The Morgan fingerprint density at radius 3 is 2.74 bits per heavy atom. The monoisotopic (exact) mass is 344 g/mol. The topological polar surface area (TPSA) is 85.7 Å². The molecule has 1 aromatic heterocycles. The first kappa shape index (κ1) is 16.8. The second-order valence-electron chi connectivity index (χ2n) is 6.04. The van der Waals surface area contributed by atoms with Gasteiger partial charge in [-0.05, 0) is 6.42 Å². The molecule has 0 amide bonds. The lowest BCUT2D eigenvalue weighted by Gasteiger charge is -2.37. The van der Waals surface area contributed by atoms with Gasteiger partial charge in [0.2, 0.25) is 10.0 Å². The third-order valence-electron chi connectivity index (χ3n) is 4.50. The van der Waals surface area contributed by atoms with E-state index in [1.165, 1.54) is 17.1 Å². The lowest BCUT2D eigenvalue weighted by Crippen LogP contribution is -2.52. The Hall–Kier alpha value is -1.00. The summed E-state index contributed by atoms with van der Waals surface area (Å²) in [6.07, 6.45) is 3.84. The minimum Gasteiger partial charge on any atom is -0.381 e. The number of morpholine rings is 1. The molecule has 2 saturated heterocycles. The Kier molecular flexibility index (Phi) is 5.32. The predicted molar refractivity (Wildman–Crippen MR) is 83.5 cm³/mol. The van der Waals surface area contributed by atoms with Gasteiger partial charge in [0.25, 0.3) is 0 Å². The molecule has 1 aromatic rings. The molecule has 0 unspecified atom stereocenters. The molecule has 130 valence electrons. The van der Waals surface area contributed by atoms with Crippen LogP contribution in [0.15, 0.2) is 17.3 Å². The van der Waals surface area contributed by atoms with Crippen LogP contribution in [0.3, 0.4) is 0 Å². The van der Waals surface area contributed by atoms with Crippen LogP contribution in [-0.4, -0.2) is 75.2 Å². The van der Waals surface area contributed by atoms with E-state index in [1.807, 2.05) is 0 Å². The minimum atomic E-state index is -3.53. The van der Waals surface area contributed by atoms with Crippen molar-refractivity contribution in [3.63, 3.8) is 0 Å². The number of nitrogens with zero attached hydrogens (tertiary/aromatic N) is 3. The van der Waals surface area contributed by atoms with Crippen LogP contribution < -0.4 is 4.72 Å². The molecule has 9 heteroatoms. The highest BCUT2D eigenvalue weighted by Gasteiger charge is 2.32. The molecule has 23 heavy (non-hydrogen) atoms. The Morgan fingerprint density at radius 1 is 1.35 bits per heavy atom. The van der Waals surface area contributed by atoms with Crippen molar-refractivity contribution in [2.24, 2.45) is 13.0 Å². The summed E-state index contributed by atoms with van der Waals surface area (Å²) in [5.74, 6) is 0.352. The summed E-state index contributed by atoms with van der Waals surface area (Å²) in [6.45, 7) is 4.87. The van der Waals surface area contributed by atoms with Crippen LogP contribution in [0.2, 0.25) is 0 Å². The Bertz CT molecular complexity index is 606. The van der Waals surface area contributed by atoms with Crippen molar-refractivity contribution in [2.45, 2.75) is 17.4 Å². The van der Waals surface area contributed by atoms with Gasteiger partial charge in [-0.15, -0.1) is 0 Å². The highest BCUT2D eigenvalue weighted by molar-refractivity contribution is 7.89. The van der Waals surface area contributed by atoms with Gasteiger partial charge in [0.05, 0.1) is 26.0 Å². The molecular formula is C14H24N4O4S. The summed E-state index contributed by atoms with van der Waals surface area (Å²) < 4.78 is 40.0. The standard InChI is InChI=1S/C14H24N4O4S/c1-17-10-13(8-15-17)23(19,20)16-9-14(12-2-5-22-11-12)18-3-6-21-7-4-18/h8,10,12,14,16H,2-7,9,11H2,1H3/t12-,14-/m0/s1. The fraction of sp³-hybridized carbons (Fsp3) is 0.786. The normalized spacial score (nSPS) is 24.8. The molecular weight excluding hydrogens is 320 g/mol. The van der Waals surface area contributed by atoms with Crippen molar-refractivity contribution in [3.8, 4) is 0 Å². The molecule has 0 aromatic carbocycles. The zero-order valence-corrected chi connectivity index (χ0v) is 14.2. The lowest BCUT2D eigenvalue weighted by atomic mass is 9.97. The molecule has 3 rings (SSSR count). The molecule has 3 heterocycles. The summed E-state index contributed by atoms with van der Waals surface area (Å²) in [5.41, 5.74) is 0. The number of sulfonamides is 1. The quantitative estimate of drug-likeness (QED) is 0.744. The maximum Gasteiger partial charge on any atom is 0.243 e. The third-order valence-corrected chi connectivity index (χ3v) is 5.88. The van der Waals surface area contributed by atoms with Crippen molar-refractivity contribution < 1.29 is 17.9 Å². The second kappa shape index (κ2) is 7.27. The summed E-state index contributed by atoms with van der Waals surface area (Å²) in [5, 5.41) is 3.93. The lowest BCUT2D eigenvalue weighted by molar-refractivity contribution is 0.00271. The number of rotatable bonds is 6. The van der Waals surface area contributed by atoms with Gasteiger partial charge in [0.15, 0.2) is 0 Å². The highest BCUT2D eigenvalue weighted by Crippen LogP contribution is 2.22. The van der Waals surface area contributed by atoms with E-state index in [0.29, 0.717) is 32.3 Å². The van der Waals surface area contributed by atoms with Crippen LogP contribution in [-0.2, 0) is 26.5 Å². The average molecular weight is 344 g/mol. The number of hydrogen-bond acceptors (Lipinski definition) is 6. The largest absolute Gasteiger partial charge is 0.381 e. The molecule has 0 radical (unpaired) electrons. The Morgan fingerprint density at radius 2 is 2.13 bits per heavy atom. The van der Waals surface area contributed by atoms with E-state index in [0.717, 1.165) is 26.1 Å². The molecule has 1 N–H and O–H groups in total. The summed E-state index contributed by atoms with van der Waals surface area (Å²) in [7, 11) is -1.83. The van der Waals surface area contributed by atoms with E-state index in [2.05, 4.69) is 14.7 Å². The van der Waals surface area contributed by atoms with Gasteiger partial charge in [-0.25, -0.2) is 13.1 Å². The van der Waals surface area contributed by atoms with Crippen LogP contribution >= 0.6 is 0 Å². The number of aryl methyl sites for hydroxylation is 1. The van der Waals surface area contributed by atoms with Gasteiger partial charge in [-0.1, -0.05) is 0 Å². The van der Waals surface area contributed by atoms with Gasteiger partial charge < -0.3 is 9.47 Å². The summed E-state index contributed by atoms with van der Waals surface area (Å²) in [4.78, 5) is 2.51. The van der Waals surface area contributed by atoms with E-state index in [4.69, 9.17) is 9.47 Å². The van der Waals surface area contributed by atoms with Crippen molar-refractivity contribution >= 4 is 10.0 Å².